The lowest BCUT2D eigenvalue weighted by Gasteiger charge is -2.17. The molecule has 3 aromatic rings. The second-order valence-corrected chi connectivity index (χ2v) is 7.37. The van der Waals surface area contributed by atoms with Gasteiger partial charge in [-0.1, -0.05) is 48.5 Å². The van der Waals surface area contributed by atoms with E-state index < -0.39 is 0 Å². The minimum Gasteiger partial charge on any atom is -0.348 e. The standard InChI is InChI=1S/C25H23N3O3/c29-23-14-7-15-28(23)20-11-6-10-19(16-20)24(30)27-22-13-5-4-12-21(22)25(31)26-17-18-8-2-1-3-9-18/h1-6,8-13,16H,7,14-15,17H2,(H,26,31)(H,27,30). The number of rotatable bonds is 6. The third-order valence-corrected chi connectivity index (χ3v) is 5.21. The molecule has 1 fully saturated rings. The summed E-state index contributed by atoms with van der Waals surface area (Å²) in [7, 11) is 0. The average Bonchev–Trinajstić information content (AvgIpc) is 3.24. The van der Waals surface area contributed by atoms with E-state index in [2.05, 4.69) is 10.6 Å². The Balaban J connectivity index is 1.48. The third-order valence-electron chi connectivity index (χ3n) is 5.21. The van der Waals surface area contributed by atoms with Crippen molar-refractivity contribution in [3.63, 3.8) is 0 Å². The van der Waals surface area contributed by atoms with Gasteiger partial charge < -0.3 is 15.5 Å². The van der Waals surface area contributed by atoms with Crippen LogP contribution in [0.1, 0.15) is 39.1 Å². The highest BCUT2D eigenvalue weighted by molar-refractivity contribution is 6.09. The fraction of sp³-hybridized carbons (Fsp3) is 0.160. The van der Waals surface area contributed by atoms with Crippen molar-refractivity contribution in [2.75, 3.05) is 16.8 Å². The van der Waals surface area contributed by atoms with Gasteiger partial charge in [-0.25, -0.2) is 0 Å². The molecule has 0 radical (unpaired) electrons. The summed E-state index contributed by atoms with van der Waals surface area (Å²) < 4.78 is 0. The van der Waals surface area contributed by atoms with Gasteiger partial charge in [0.15, 0.2) is 0 Å². The monoisotopic (exact) mass is 413 g/mol. The summed E-state index contributed by atoms with van der Waals surface area (Å²) in [5.74, 6) is -0.536. The van der Waals surface area contributed by atoms with E-state index in [1.807, 2.05) is 36.4 Å². The normalized spacial score (nSPS) is 13.2. The van der Waals surface area contributed by atoms with E-state index in [0.717, 1.165) is 12.0 Å². The number of carbonyl (C=O) groups excluding carboxylic acids is 3. The van der Waals surface area contributed by atoms with Crippen LogP contribution < -0.4 is 15.5 Å². The van der Waals surface area contributed by atoms with Crippen LogP contribution in [0, 0.1) is 0 Å². The minimum absolute atomic E-state index is 0.0676. The van der Waals surface area contributed by atoms with Crippen LogP contribution in [-0.4, -0.2) is 24.3 Å². The number of para-hydroxylation sites is 1. The van der Waals surface area contributed by atoms with Gasteiger partial charge >= 0.3 is 0 Å². The van der Waals surface area contributed by atoms with Gasteiger partial charge in [-0.2, -0.15) is 0 Å². The maximum atomic E-state index is 12.9. The summed E-state index contributed by atoms with van der Waals surface area (Å²) in [6.07, 6.45) is 1.35. The number of hydrogen-bond acceptors (Lipinski definition) is 3. The molecular weight excluding hydrogens is 390 g/mol. The molecule has 1 aliphatic rings. The van der Waals surface area contributed by atoms with Crippen LogP contribution in [0.3, 0.4) is 0 Å². The van der Waals surface area contributed by atoms with Crippen molar-refractivity contribution in [3.8, 4) is 0 Å². The van der Waals surface area contributed by atoms with Gasteiger partial charge in [-0.15, -0.1) is 0 Å². The molecule has 4 rings (SSSR count). The van der Waals surface area contributed by atoms with Gasteiger partial charge in [0.25, 0.3) is 11.8 Å². The molecule has 0 unspecified atom stereocenters. The van der Waals surface area contributed by atoms with Crippen LogP contribution >= 0.6 is 0 Å². The Morgan fingerprint density at radius 3 is 2.42 bits per heavy atom. The van der Waals surface area contributed by atoms with Crippen LogP contribution in [0.5, 0.6) is 0 Å². The van der Waals surface area contributed by atoms with Crippen molar-refractivity contribution in [1.82, 2.24) is 5.32 Å². The number of carbonyl (C=O) groups is 3. The zero-order valence-electron chi connectivity index (χ0n) is 17.0. The highest BCUT2D eigenvalue weighted by Crippen LogP contribution is 2.23. The van der Waals surface area contributed by atoms with Crippen molar-refractivity contribution >= 4 is 29.1 Å². The molecule has 0 saturated carbocycles. The molecule has 0 atom stereocenters. The first kappa shape index (κ1) is 20.3. The summed E-state index contributed by atoms with van der Waals surface area (Å²) in [4.78, 5) is 39.3. The first-order chi connectivity index (χ1) is 15.1. The number of amides is 3. The zero-order valence-corrected chi connectivity index (χ0v) is 17.0. The molecule has 1 aliphatic heterocycles. The Morgan fingerprint density at radius 1 is 0.871 bits per heavy atom. The topological polar surface area (TPSA) is 78.5 Å². The number of benzene rings is 3. The van der Waals surface area contributed by atoms with E-state index in [1.54, 1.807) is 47.4 Å². The summed E-state index contributed by atoms with van der Waals surface area (Å²) in [6.45, 7) is 1.06. The highest BCUT2D eigenvalue weighted by atomic mass is 16.2. The Hall–Kier alpha value is -3.93. The van der Waals surface area contributed by atoms with Crippen molar-refractivity contribution in [2.24, 2.45) is 0 Å². The molecule has 3 aromatic carbocycles. The van der Waals surface area contributed by atoms with Crippen molar-refractivity contribution in [3.05, 3.63) is 95.6 Å². The lowest BCUT2D eigenvalue weighted by atomic mass is 10.1. The van der Waals surface area contributed by atoms with E-state index in [0.29, 0.717) is 42.0 Å². The maximum Gasteiger partial charge on any atom is 0.255 e. The van der Waals surface area contributed by atoms with Crippen LogP contribution in [0.25, 0.3) is 0 Å². The number of nitrogens with one attached hydrogen (secondary N) is 2. The van der Waals surface area contributed by atoms with Gasteiger partial charge in [0, 0.05) is 30.8 Å². The molecule has 6 nitrogen and oxygen atoms in total. The first-order valence-electron chi connectivity index (χ1n) is 10.2. The molecular formula is C25H23N3O3. The van der Waals surface area contributed by atoms with Crippen LogP contribution in [0.2, 0.25) is 0 Å². The Labute approximate surface area is 180 Å². The predicted molar refractivity (Wildman–Crippen MR) is 120 cm³/mol. The molecule has 6 heteroatoms. The largest absolute Gasteiger partial charge is 0.348 e. The van der Waals surface area contributed by atoms with E-state index in [9.17, 15) is 14.4 Å². The molecule has 3 amide bonds. The van der Waals surface area contributed by atoms with Crippen LogP contribution in [0.15, 0.2) is 78.9 Å². The van der Waals surface area contributed by atoms with E-state index in [-0.39, 0.29) is 17.7 Å². The zero-order chi connectivity index (χ0) is 21.6. The molecule has 0 aromatic heterocycles. The third kappa shape index (κ3) is 4.80. The van der Waals surface area contributed by atoms with Crippen molar-refractivity contribution in [2.45, 2.75) is 19.4 Å². The molecule has 2 N–H and O–H groups in total. The summed E-state index contributed by atoms with van der Waals surface area (Å²) in [5.41, 5.74) is 2.95. The van der Waals surface area contributed by atoms with Gasteiger partial charge in [0.2, 0.25) is 5.91 Å². The smallest absolute Gasteiger partial charge is 0.255 e. The maximum absolute atomic E-state index is 12.9. The van der Waals surface area contributed by atoms with Crippen molar-refractivity contribution < 1.29 is 14.4 Å². The highest BCUT2D eigenvalue weighted by Gasteiger charge is 2.22. The molecule has 156 valence electrons. The average molecular weight is 413 g/mol. The molecule has 0 aliphatic carbocycles. The van der Waals surface area contributed by atoms with E-state index >= 15 is 0 Å². The second kappa shape index (κ2) is 9.26. The molecule has 0 spiro atoms. The quantitative estimate of drug-likeness (QED) is 0.641. The molecule has 0 bridgehead atoms. The minimum atomic E-state index is -0.336. The van der Waals surface area contributed by atoms with Gasteiger partial charge in [0.05, 0.1) is 11.3 Å². The predicted octanol–water partition coefficient (Wildman–Crippen LogP) is 4.00. The summed E-state index contributed by atoms with van der Waals surface area (Å²) >= 11 is 0. The Bertz CT molecular complexity index is 1110. The molecule has 1 heterocycles. The van der Waals surface area contributed by atoms with Crippen LogP contribution in [0.4, 0.5) is 11.4 Å². The van der Waals surface area contributed by atoms with Gasteiger partial charge in [-0.05, 0) is 42.3 Å². The number of anilines is 2. The first-order valence-corrected chi connectivity index (χ1v) is 10.2. The Kier molecular flexibility index (Phi) is 6.08. The van der Waals surface area contributed by atoms with Gasteiger partial charge in [-0.3, -0.25) is 14.4 Å². The van der Waals surface area contributed by atoms with E-state index in [4.69, 9.17) is 0 Å². The van der Waals surface area contributed by atoms with Crippen molar-refractivity contribution in [1.29, 1.82) is 0 Å². The lowest BCUT2D eigenvalue weighted by molar-refractivity contribution is -0.117. The number of hydrogen-bond donors (Lipinski definition) is 2. The van der Waals surface area contributed by atoms with Crippen LogP contribution in [-0.2, 0) is 11.3 Å². The molecule has 31 heavy (non-hydrogen) atoms. The van der Waals surface area contributed by atoms with E-state index in [1.165, 1.54) is 0 Å². The SMILES string of the molecule is O=C(Nc1ccccc1C(=O)NCc1ccccc1)c1cccc(N2CCCC2=O)c1. The second-order valence-electron chi connectivity index (χ2n) is 7.37. The fourth-order valence-electron chi connectivity index (χ4n) is 3.59. The molecule has 1 saturated heterocycles. The lowest BCUT2D eigenvalue weighted by Crippen LogP contribution is -2.25. The summed E-state index contributed by atoms with van der Waals surface area (Å²) in [5, 5.41) is 5.72. The van der Waals surface area contributed by atoms with Gasteiger partial charge in [0.1, 0.15) is 0 Å². The Morgan fingerprint density at radius 2 is 1.65 bits per heavy atom. The fourth-order valence-corrected chi connectivity index (χ4v) is 3.59. The number of nitrogens with zero attached hydrogens (tertiary/aromatic N) is 1. The summed E-state index contributed by atoms with van der Waals surface area (Å²) in [6, 6.07) is 23.5.